The first-order valence-electron chi connectivity index (χ1n) is 8.36. The van der Waals surface area contributed by atoms with Crippen LogP contribution in [0.2, 0.25) is 5.02 Å². The highest BCUT2D eigenvalue weighted by Crippen LogP contribution is 2.53. The summed E-state index contributed by atoms with van der Waals surface area (Å²) in [5.41, 5.74) is -0.617. The fraction of sp³-hybridized carbons (Fsp3) is 0.500. The van der Waals surface area contributed by atoms with Crippen molar-refractivity contribution in [2.75, 3.05) is 5.32 Å². The number of carbonyl (C=O) groups is 3. The van der Waals surface area contributed by atoms with Crippen LogP contribution in [-0.4, -0.2) is 34.2 Å². The average molecular weight is 362 g/mol. The molecule has 0 saturated carbocycles. The van der Waals surface area contributed by atoms with Crippen LogP contribution < -0.4 is 10.6 Å². The Morgan fingerprint density at radius 3 is 2.48 bits per heavy atom. The predicted octanol–water partition coefficient (Wildman–Crippen LogP) is 1.88. The van der Waals surface area contributed by atoms with Crippen LogP contribution in [-0.2, 0) is 19.9 Å². The van der Waals surface area contributed by atoms with Crippen molar-refractivity contribution < 1.29 is 14.4 Å². The molecule has 1 spiro atoms. The lowest BCUT2D eigenvalue weighted by atomic mass is 9.76. The maximum Gasteiger partial charge on any atom is 0.250 e. The van der Waals surface area contributed by atoms with E-state index in [9.17, 15) is 14.4 Å². The van der Waals surface area contributed by atoms with Crippen molar-refractivity contribution in [2.24, 2.45) is 11.8 Å². The zero-order chi connectivity index (χ0) is 18.3. The van der Waals surface area contributed by atoms with E-state index in [1.54, 1.807) is 18.2 Å². The monoisotopic (exact) mass is 361 g/mol. The Bertz CT molecular complexity index is 831. The van der Waals surface area contributed by atoms with Gasteiger partial charge in [0.25, 0.3) is 0 Å². The number of nitrogens with zero attached hydrogens (tertiary/aromatic N) is 1. The predicted molar refractivity (Wildman–Crippen MR) is 92.9 cm³/mol. The number of halogens is 1. The topological polar surface area (TPSA) is 78.5 Å². The number of hydrogen-bond acceptors (Lipinski definition) is 4. The van der Waals surface area contributed by atoms with Gasteiger partial charge in [0.15, 0.2) is 0 Å². The number of carbonyl (C=O) groups excluding carboxylic acids is 3. The van der Waals surface area contributed by atoms with Crippen molar-refractivity contribution in [3.8, 4) is 0 Å². The van der Waals surface area contributed by atoms with E-state index in [0.717, 1.165) is 0 Å². The van der Waals surface area contributed by atoms with Crippen LogP contribution in [0.1, 0.15) is 33.3 Å². The van der Waals surface area contributed by atoms with Gasteiger partial charge in [-0.15, -0.1) is 0 Å². The van der Waals surface area contributed by atoms with E-state index in [0.29, 0.717) is 16.3 Å². The van der Waals surface area contributed by atoms with Gasteiger partial charge in [0, 0.05) is 27.9 Å². The molecule has 6 nitrogen and oxygen atoms in total. The van der Waals surface area contributed by atoms with Crippen molar-refractivity contribution in [1.82, 2.24) is 10.2 Å². The minimum atomic E-state index is -1.25. The summed E-state index contributed by atoms with van der Waals surface area (Å²) in [6, 6.07) is 4.82. The number of hydrogen-bond donors (Lipinski definition) is 2. The van der Waals surface area contributed by atoms with Gasteiger partial charge < -0.3 is 5.32 Å². The van der Waals surface area contributed by atoms with E-state index in [4.69, 9.17) is 11.6 Å². The first-order chi connectivity index (χ1) is 11.6. The Balaban J connectivity index is 1.92. The quantitative estimate of drug-likeness (QED) is 0.691. The second-order valence-corrected chi connectivity index (χ2v) is 8.51. The average Bonchev–Trinajstić information content (AvgIpc) is 3.04. The first-order valence-corrected chi connectivity index (χ1v) is 8.74. The SMILES string of the molecule is C[C@H]1N[C@]2(C(=O)Nc3ccc(Cl)cc32)[C@@H]2C(=O)N(C(C)(C)C)C(=O)[C@@H]21. The maximum atomic E-state index is 13.2. The highest BCUT2D eigenvalue weighted by Gasteiger charge is 2.70. The molecule has 2 saturated heterocycles. The van der Waals surface area contributed by atoms with Gasteiger partial charge in [-0.3, -0.25) is 24.6 Å². The van der Waals surface area contributed by atoms with Crippen LogP contribution in [0, 0.1) is 11.8 Å². The molecule has 4 atom stereocenters. The molecule has 0 bridgehead atoms. The smallest absolute Gasteiger partial charge is 0.250 e. The molecule has 0 aliphatic carbocycles. The number of nitrogens with one attached hydrogen (secondary N) is 2. The summed E-state index contributed by atoms with van der Waals surface area (Å²) < 4.78 is 0. The highest BCUT2D eigenvalue weighted by molar-refractivity contribution is 6.31. The van der Waals surface area contributed by atoms with E-state index in [1.165, 1.54) is 4.90 Å². The summed E-state index contributed by atoms with van der Waals surface area (Å²) in [7, 11) is 0. The van der Waals surface area contributed by atoms with E-state index < -0.39 is 22.9 Å². The Kier molecular flexibility index (Phi) is 3.19. The van der Waals surface area contributed by atoms with Crippen LogP contribution in [0.3, 0.4) is 0 Å². The lowest BCUT2D eigenvalue weighted by Crippen LogP contribution is -2.55. The van der Waals surface area contributed by atoms with Gasteiger partial charge in [0.2, 0.25) is 17.7 Å². The van der Waals surface area contributed by atoms with Crippen molar-refractivity contribution in [1.29, 1.82) is 0 Å². The van der Waals surface area contributed by atoms with Gasteiger partial charge in [0.05, 0.1) is 11.8 Å². The van der Waals surface area contributed by atoms with Crippen LogP contribution in [0.25, 0.3) is 0 Å². The van der Waals surface area contributed by atoms with Crippen LogP contribution >= 0.6 is 11.6 Å². The first kappa shape index (κ1) is 16.5. The number of fused-ring (bicyclic) bond motifs is 4. The molecule has 3 aliphatic rings. The molecule has 3 amide bonds. The summed E-state index contributed by atoms with van der Waals surface area (Å²) in [5.74, 6) is -2.16. The molecule has 0 aromatic heterocycles. The summed E-state index contributed by atoms with van der Waals surface area (Å²) in [6.45, 7) is 7.33. The van der Waals surface area contributed by atoms with Crippen molar-refractivity contribution in [3.05, 3.63) is 28.8 Å². The number of imide groups is 1. The number of anilines is 1. The van der Waals surface area contributed by atoms with Crippen LogP contribution in [0.4, 0.5) is 5.69 Å². The second-order valence-electron chi connectivity index (χ2n) is 8.07. The molecule has 0 unspecified atom stereocenters. The molecule has 1 aromatic carbocycles. The minimum absolute atomic E-state index is 0.220. The number of rotatable bonds is 0. The van der Waals surface area contributed by atoms with Gasteiger partial charge >= 0.3 is 0 Å². The molecule has 2 N–H and O–H groups in total. The molecule has 7 heteroatoms. The third kappa shape index (κ3) is 1.92. The second kappa shape index (κ2) is 4.83. The van der Waals surface area contributed by atoms with E-state index >= 15 is 0 Å². The van der Waals surface area contributed by atoms with Gasteiger partial charge in [0.1, 0.15) is 5.54 Å². The lowest BCUT2D eigenvalue weighted by molar-refractivity contribution is -0.147. The normalized spacial score (nSPS) is 33.9. The van der Waals surface area contributed by atoms with Crippen molar-refractivity contribution in [3.63, 3.8) is 0 Å². The Hall–Kier alpha value is -1.92. The van der Waals surface area contributed by atoms with E-state index in [2.05, 4.69) is 10.6 Å². The molecular formula is C18H20ClN3O3. The summed E-state index contributed by atoms with van der Waals surface area (Å²) in [4.78, 5) is 40.5. The third-order valence-corrected chi connectivity index (χ3v) is 5.73. The fourth-order valence-corrected chi connectivity index (χ4v) is 4.77. The van der Waals surface area contributed by atoms with Gasteiger partial charge in [-0.25, -0.2) is 0 Å². The molecule has 3 aliphatic heterocycles. The van der Waals surface area contributed by atoms with Crippen LogP contribution in [0.5, 0.6) is 0 Å². The van der Waals surface area contributed by atoms with E-state index in [-0.39, 0.29) is 23.8 Å². The minimum Gasteiger partial charge on any atom is -0.324 e. The van der Waals surface area contributed by atoms with Gasteiger partial charge in [-0.1, -0.05) is 11.6 Å². The fourth-order valence-electron chi connectivity index (χ4n) is 4.60. The van der Waals surface area contributed by atoms with Crippen molar-refractivity contribution >= 4 is 35.0 Å². The van der Waals surface area contributed by atoms with Gasteiger partial charge in [-0.05, 0) is 45.9 Å². The molecule has 2 fully saturated rings. The Labute approximate surface area is 150 Å². The molecule has 132 valence electrons. The largest absolute Gasteiger partial charge is 0.324 e. The maximum absolute atomic E-state index is 13.2. The summed E-state index contributed by atoms with van der Waals surface area (Å²) in [5, 5.41) is 6.58. The number of benzene rings is 1. The summed E-state index contributed by atoms with van der Waals surface area (Å²) >= 11 is 6.15. The molecular weight excluding hydrogens is 342 g/mol. The van der Waals surface area contributed by atoms with Crippen molar-refractivity contribution in [2.45, 2.75) is 44.8 Å². The molecule has 25 heavy (non-hydrogen) atoms. The molecule has 3 heterocycles. The summed E-state index contributed by atoms with van der Waals surface area (Å²) in [6.07, 6.45) is 0. The highest BCUT2D eigenvalue weighted by atomic mass is 35.5. The van der Waals surface area contributed by atoms with Crippen LogP contribution in [0.15, 0.2) is 18.2 Å². The van der Waals surface area contributed by atoms with Gasteiger partial charge in [-0.2, -0.15) is 0 Å². The Morgan fingerprint density at radius 2 is 1.84 bits per heavy atom. The molecule has 4 rings (SSSR count). The van der Waals surface area contributed by atoms with E-state index in [1.807, 2.05) is 27.7 Å². The third-order valence-electron chi connectivity index (χ3n) is 5.50. The number of amides is 3. The Morgan fingerprint density at radius 1 is 1.16 bits per heavy atom. The standard InChI is InChI=1S/C18H20ClN3O3/c1-8-12-13(15(24)22(14(12)23)17(2,3)4)18(21-8)10-7-9(19)5-6-11(10)20-16(18)25/h5-8,12-13,21H,1-4H3,(H,20,25)/t8-,12-,13+,18+/m1/s1. The molecule has 1 aromatic rings. The number of likely N-dealkylation sites (tertiary alicyclic amines) is 1. The lowest BCUT2D eigenvalue weighted by Gasteiger charge is -2.34. The molecule has 0 radical (unpaired) electrons. The zero-order valence-corrected chi connectivity index (χ0v) is 15.3. The zero-order valence-electron chi connectivity index (χ0n) is 14.5.